The SMILES string of the molecule is C#CCOc1ccc(CCNC(=O)C(O)CCc2ccc(Cl)cc2)cc1OC. The van der Waals surface area contributed by atoms with Gasteiger partial charge in [-0.2, -0.15) is 0 Å². The number of aryl methyl sites for hydroxylation is 1. The van der Waals surface area contributed by atoms with Crippen molar-refractivity contribution in [3.63, 3.8) is 0 Å². The number of benzene rings is 2. The maximum Gasteiger partial charge on any atom is 0.248 e. The molecule has 0 aliphatic heterocycles. The number of amides is 1. The van der Waals surface area contributed by atoms with E-state index in [1.807, 2.05) is 24.3 Å². The molecule has 28 heavy (non-hydrogen) atoms. The average molecular weight is 402 g/mol. The van der Waals surface area contributed by atoms with E-state index >= 15 is 0 Å². The molecule has 0 bridgehead atoms. The molecular formula is C22H24ClNO4. The molecule has 6 heteroatoms. The summed E-state index contributed by atoms with van der Waals surface area (Å²) < 4.78 is 10.7. The lowest BCUT2D eigenvalue weighted by atomic mass is 10.1. The fourth-order valence-corrected chi connectivity index (χ4v) is 2.77. The molecule has 0 aromatic heterocycles. The van der Waals surface area contributed by atoms with Crippen LogP contribution < -0.4 is 14.8 Å². The smallest absolute Gasteiger partial charge is 0.248 e. The summed E-state index contributed by atoms with van der Waals surface area (Å²) in [4.78, 5) is 12.1. The van der Waals surface area contributed by atoms with Crippen LogP contribution in [0.15, 0.2) is 42.5 Å². The number of nitrogens with one attached hydrogen (secondary N) is 1. The van der Waals surface area contributed by atoms with E-state index in [-0.39, 0.29) is 12.5 Å². The molecule has 0 aliphatic carbocycles. The molecule has 0 saturated carbocycles. The Hall–Kier alpha value is -2.68. The van der Waals surface area contributed by atoms with E-state index in [1.54, 1.807) is 25.3 Å². The number of methoxy groups -OCH3 is 1. The first kappa shape index (κ1) is 21.6. The van der Waals surface area contributed by atoms with Crippen LogP contribution in [-0.2, 0) is 17.6 Å². The largest absolute Gasteiger partial charge is 0.493 e. The number of hydrogen-bond donors (Lipinski definition) is 2. The number of rotatable bonds is 10. The number of carbonyl (C=O) groups is 1. The van der Waals surface area contributed by atoms with Crippen molar-refractivity contribution in [2.24, 2.45) is 0 Å². The van der Waals surface area contributed by atoms with Gasteiger partial charge in [-0.25, -0.2) is 0 Å². The van der Waals surface area contributed by atoms with Gasteiger partial charge < -0.3 is 19.9 Å². The molecule has 1 atom stereocenters. The van der Waals surface area contributed by atoms with Crippen molar-refractivity contribution < 1.29 is 19.4 Å². The van der Waals surface area contributed by atoms with Crippen molar-refractivity contribution in [3.05, 3.63) is 58.6 Å². The van der Waals surface area contributed by atoms with Gasteiger partial charge in [0.2, 0.25) is 5.91 Å². The zero-order valence-corrected chi connectivity index (χ0v) is 16.5. The molecule has 5 nitrogen and oxygen atoms in total. The van der Waals surface area contributed by atoms with Crippen molar-refractivity contribution in [1.29, 1.82) is 0 Å². The van der Waals surface area contributed by atoms with E-state index in [9.17, 15) is 9.90 Å². The summed E-state index contributed by atoms with van der Waals surface area (Å²) >= 11 is 5.85. The molecule has 0 heterocycles. The molecular weight excluding hydrogens is 378 g/mol. The second kappa shape index (κ2) is 11.2. The van der Waals surface area contributed by atoms with Gasteiger partial charge in [0.1, 0.15) is 12.7 Å². The minimum absolute atomic E-state index is 0.166. The van der Waals surface area contributed by atoms with Gasteiger partial charge in [-0.05, 0) is 54.7 Å². The van der Waals surface area contributed by atoms with Crippen molar-refractivity contribution in [1.82, 2.24) is 5.32 Å². The minimum Gasteiger partial charge on any atom is -0.493 e. The number of terminal acetylenes is 1. The highest BCUT2D eigenvalue weighted by atomic mass is 35.5. The normalized spacial score (nSPS) is 11.4. The van der Waals surface area contributed by atoms with E-state index in [0.29, 0.717) is 42.3 Å². The summed E-state index contributed by atoms with van der Waals surface area (Å²) in [5.74, 6) is 3.19. The Morgan fingerprint density at radius 2 is 1.89 bits per heavy atom. The highest BCUT2D eigenvalue weighted by Crippen LogP contribution is 2.28. The molecule has 2 aromatic carbocycles. The van der Waals surface area contributed by atoms with Gasteiger partial charge in [0.25, 0.3) is 0 Å². The minimum atomic E-state index is -1.05. The summed E-state index contributed by atoms with van der Waals surface area (Å²) in [5, 5.41) is 13.5. The summed E-state index contributed by atoms with van der Waals surface area (Å²) in [5.41, 5.74) is 2.00. The standard InChI is InChI=1S/C22H24ClNO4/c1-3-14-28-20-11-7-17(15-21(20)27-2)12-13-24-22(26)19(25)10-6-16-4-8-18(23)9-5-16/h1,4-5,7-9,11,15,19,25H,6,10,12-14H2,2H3,(H,24,26). The average Bonchev–Trinajstić information content (AvgIpc) is 2.71. The molecule has 148 valence electrons. The van der Waals surface area contributed by atoms with Crippen molar-refractivity contribution in [3.8, 4) is 23.8 Å². The second-order valence-electron chi connectivity index (χ2n) is 6.20. The predicted molar refractivity (Wildman–Crippen MR) is 110 cm³/mol. The first-order valence-electron chi connectivity index (χ1n) is 8.97. The Labute approximate surface area is 170 Å². The first-order chi connectivity index (χ1) is 13.5. The first-order valence-corrected chi connectivity index (χ1v) is 9.34. The maximum atomic E-state index is 12.1. The molecule has 1 amide bonds. The Morgan fingerprint density at radius 1 is 1.18 bits per heavy atom. The third kappa shape index (κ3) is 6.80. The van der Waals surface area contributed by atoms with Gasteiger partial charge in [0.15, 0.2) is 11.5 Å². The lowest BCUT2D eigenvalue weighted by Gasteiger charge is -2.13. The van der Waals surface area contributed by atoms with Crippen LogP contribution in [-0.4, -0.2) is 37.4 Å². The third-order valence-corrected chi connectivity index (χ3v) is 4.43. The van der Waals surface area contributed by atoms with Crippen LogP contribution in [0.5, 0.6) is 11.5 Å². The Balaban J connectivity index is 1.77. The van der Waals surface area contributed by atoms with Crippen LogP contribution in [0.4, 0.5) is 0 Å². The van der Waals surface area contributed by atoms with Crippen molar-refractivity contribution >= 4 is 17.5 Å². The number of hydrogen-bond acceptors (Lipinski definition) is 4. The zero-order valence-electron chi connectivity index (χ0n) is 15.8. The van der Waals surface area contributed by atoms with Gasteiger partial charge in [-0.3, -0.25) is 4.79 Å². The number of ether oxygens (including phenoxy) is 2. The van der Waals surface area contributed by atoms with E-state index in [4.69, 9.17) is 27.5 Å². The highest BCUT2D eigenvalue weighted by molar-refractivity contribution is 6.30. The van der Waals surface area contributed by atoms with Crippen LogP contribution in [0, 0.1) is 12.3 Å². The quantitative estimate of drug-likeness (QED) is 0.600. The van der Waals surface area contributed by atoms with Crippen LogP contribution in [0.25, 0.3) is 0 Å². The summed E-state index contributed by atoms with van der Waals surface area (Å²) in [6.07, 6.45) is 5.69. The van der Waals surface area contributed by atoms with Crippen LogP contribution in [0.2, 0.25) is 5.02 Å². The fraction of sp³-hybridized carbons (Fsp3) is 0.318. The number of halogens is 1. The number of aliphatic hydroxyl groups is 1. The molecule has 0 spiro atoms. The Morgan fingerprint density at radius 3 is 2.57 bits per heavy atom. The molecule has 0 aliphatic rings. The topological polar surface area (TPSA) is 67.8 Å². The van der Waals surface area contributed by atoms with Crippen LogP contribution >= 0.6 is 11.6 Å². The van der Waals surface area contributed by atoms with Gasteiger partial charge in [-0.15, -0.1) is 6.42 Å². The molecule has 2 N–H and O–H groups in total. The number of aliphatic hydroxyl groups excluding tert-OH is 1. The molecule has 0 fully saturated rings. The van der Waals surface area contributed by atoms with E-state index < -0.39 is 6.10 Å². The molecule has 0 radical (unpaired) electrons. The van der Waals surface area contributed by atoms with Gasteiger partial charge in [0, 0.05) is 11.6 Å². The van der Waals surface area contributed by atoms with Gasteiger partial charge in [-0.1, -0.05) is 35.7 Å². The van der Waals surface area contributed by atoms with E-state index in [0.717, 1.165) is 11.1 Å². The van der Waals surface area contributed by atoms with E-state index in [1.165, 1.54) is 0 Å². The zero-order chi connectivity index (χ0) is 20.4. The van der Waals surface area contributed by atoms with Gasteiger partial charge >= 0.3 is 0 Å². The lowest BCUT2D eigenvalue weighted by molar-refractivity contribution is -0.129. The molecule has 2 rings (SSSR count). The molecule has 1 unspecified atom stereocenters. The maximum absolute atomic E-state index is 12.1. The summed E-state index contributed by atoms with van der Waals surface area (Å²) in [7, 11) is 1.56. The Kier molecular flexibility index (Phi) is 8.67. The predicted octanol–water partition coefficient (Wildman–Crippen LogP) is 3.01. The number of carbonyl (C=O) groups excluding carboxylic acids is 1. The monoisotopic (exact) mass is 401 g/mol. The fourth-order valence-electron chi connectivity index (χ4n) is 2.64. The van der Waals surface area contributed by atoms with Crippen LogP contribution in [0.1, 0.15) is 17.5 Å². The molecule has 2 aromatic rings. The Bertz CT molecular complexity index is 814. The molecule has 0 saturated heterocycles. The third-order valence-electron chi connectivity index (χ3n) is 4.17. The van der Waals surface area contributed by atoms with Crippen LogP contribution in [0.3, 0.4) is 0 Å². The van der Waals surface area contributed by atoms with E-state index in [2.05, 4.69) is 11.2 Å². The van der Waals surface area contributed by atoms with Crippen molar-refractivity contribution in [2.45, 2.75) is 25.4 Å². The lowest BCUT2D eigenvalue weighted by Crippen LogP contribution is -2.36. The van der Waals surface area contributed by atoms with Crippen molar-refractivity contribution in [2.75, 3.05) is 20.3 Å². The highest BCUT2D eigenvalue weighted by Gasteiger charge is 2.14. The summed E-state index contributed by atoms with van der Waals surface area (Å²) in [6.45, 7) is 0.574. The van der Waals surface area contributed by atoms with Gasteiger partial charge in [0.05, 0.1) is 7.11 Å². The summed E-state index contributed by atoms with van der Waals surface area (Å²) in [6, 6.07) is 12.9. The second-order valence-corrected chi connectivity index (χ2v) is 6.64.